The van der Waals surface area contributed by atoms with Crippen molar-refractivity contribution < 1.29 is 22.5 Å². The van der Waals surface area contributed by atoms with Crippen molar-refractivity contribution in [1.29, 1.82) is 0 Å². The number of hydrogen-bond acceptors (Lipinski definition) is 7. The maximum absolute atomic E-state index is 13.5. The van der Waals surface area contributed by atoms with E-state index in [-0.39, 0.29) is 29.6 Å². The van der Waals surface area contributed by atoms with E-state index in [4.69, 9.17) is 4.52 Å². The number of halogens is 4. The molecule has 0 unspecified atom stereocenters. The van der Waals surface area contributed by atoms with E-state index < -0.39 is 11.9 Å². The molecule has 0 bridgehead atoms. The van der Waals surface area contributed by atoms with Crippen LogP contribution < -0.4 is 10.2 Å². The van der Waals surface area contributed by atoms with E-state index in [0.29, 0.717) is 42.9 Å². The molecule has 0 aliphatic carbocycles. The average Bonchev–Trinajstić information content (AvgIpc) is 3.43. The van der Waals surface area contributed by atoms with Gasteiger partial charge in [0.25, 0.3) is 5.91 Å². The zero-order valence-corrected chi connectivity index (χ0v) is 20.4. The lowest BCUT2D eigenvalue weighted by molar-refractivity contribution is -0.140. The molecular weight excluding hydrogens is 509 g/mol. The van der Waals surface area contributed by atoms with Gasteiger partial charge < -0.3 is 14.7 Å². The van der Waals surface area contributed by atoms with Crippen molar-refractivity contribution in [2.45, 2.75) is 6.18 Å². The second-order valence-corrected chi connectivity index (χ2v) is 8.41. The van der Waals surface area contributed by atoms with Crippen LogP contribution >= 0.6 is 12.4 Å². The quantitative estimate of drug-likeness (QED) is 0.396. The van der Waals surface area contributed by atoms with Gasteiger partial charge in [-0.2, -0.15) is 13.2 Å². The van der Waals surface area contributed by atoms with Crippen LogP contribution in [0.15, 0.2) is 65.4 Å². The third kappa shape index (κ3) is 5.83. The Balaban J connectivity index is 0.00000320. The third-order valence-electron chi connectivity index (χ3n) is 6.13. The van der Waals surface area contributed by atoms with E-state index in [1.165, 1.54) is 18.3 Å². The molecule has 4 aromatic rings. The van der Waals surface area contributed by atoms with Crippen molar-refractivity contribution in [3.05, 3.63) is 72.4 Å². The largest absolute Gasteiger partial charge is 0.433 e. The summed E-state index contributed by atoms with van der Waals surface area (Å²) in [5, 5.41) is 6.90. The first-order valence-electron chi connectivity index (χ1n) is 11.5. The number of fused-ring (bicyclic) bond motifs is 1. The zero-order valence-electron chi connectivity index (χ0n) is 19.6. The van der Waals surface area contributed by atoms with Crippen LogP contribution in [0.1, 0.15) is 16.2 Å². The molecule has 37 heavy (non-hydrogen) atoms. The summed E-state index contributed by atoms with van der Waals surface area (Å²) >= 11 is 0. The molecule has 1 aliphatic rings. The molecule has 0 atom stereocenters. The molecule has 4 heterocycles. The molecule has 8 nitrogen and oxygen atoms in total. The minimum absolute atomic E-state index is 0. The molecule has 1 fully saturated rings. The summed E-state index contributed by atoms with van der Waals surface area (Å²) < 4.78 is 45.2. The Morgan fingerprint density at radius 3 is 2.46 bits per heavy atom. The summed E-state index contributed by atoms with van der Waals surface area (Å²) in [6, 6.07) is 13.1. The maximum atomic E-state index is 13.5. The van der Waals surface area contributed by atoms with E-state index in [9.17, 15) is 18.0 Å². The topological polar surface area (TPSA) is 87.4 Å². The molecule has 3 aromatic heterocycles. The number of hydrogen-bond donors (Lipinski definition) is 1. The van der Waals surface area contributed by atoms with Gasteiger partial charge in [0, 0.05) is 62.5 Å². The fraction of sp³-hybridized carbons (Fsp3) is 0.280. The molecule has 5 rings (SSSR count). The molecule has 194 valence electrons. The third-order valence-corrected chi connectivity index (χ3v) is 6.13. The minimum atomic E-state index is -4.54. The first-order valence-corrected chi connectivity index (χ1v) is 11.5. The normalized spacial score (nSPS) is 14.4. The molecular formula is C25H24ClF3N6O2. The van der Waals surface area contributed by atoms with Crippen molar-refractivity contribution >= 4 is 35.0 Å². The predicted molar refractivity (Wildman–Crippen MR) is 135 cm³/mol. The summed E-state index contributed by atoms with van der Waals surface area (Å²) in [6.07, 6.45) is -1.52. The number of carbonyl (C=O) groups excluding carboxylic acids is 1. The second-order valence-electron chi connectivity index (χ2n) is 8.41. The SMILES string of the molecule is Cl.O=C(NCCN1CCN(c2ncc(-c3ccccc3)c3nc(C(F)(F)F)ccc23)CC1)c1ccno1. The first-order chi connectivity index (χ1) is 17.4. The van der Waals surface area contributed by atoms with Gasteiger partial charge in [0.15, 0.2) is 0 Å². The standard InChI is InChI=1S/C25H23F3N6O2.ClH/c26-25(27,28)21-7-6-18-22(32-21)19(17-4-2-1-3-5-17)16-30-23(18)34-14-12-33(13-15-34)11-10-29-24(35)20-8-9-31-36-20;/h1-9,16H,10-15H2,(H,29,35);1H. The van der Waals surface area contributed by atoms with Crippen molar-refractivity contribution in [2.75, 3.05) is 44.2 Å². The van der Waals surface area contributed by atoms with Crippen LogP contribution in [0.2, 0.25) is 0 Å². The van der Waals surface area contributed by atoms with Crippen molar-refractivity contribution in [3.8, 4) is 11.1 Å². The summed E-state index contributed by atoms with van der Waals surface area (Å²) in [4.78, 5) is 24.9. The van der Waals surface area contributed by atoms with Gasteiger partial charge in [0.1, 0.15) is 11.5 Å². The Hall–Kier alpha value is -3.70. The highest BCUT2D eigenvalue weighted by atomic mass is 35.5. The number of anilines is 1. The summed E-state index contributed by atoms with van der Waals surface area (Å²) in [7, 11) is 0. The molecule has 1 aliphatic heterocycles. The first kappa shape index (κ1) is 26.4. The van der Waals surface area contributed by atoms with Crippen LogP contribution in [-0.4, -0.2) is 65.2 Å². The summed E-state index contributed by atoms with van der Waals surface area (Å²) in [5.41, 5.74) is 0.660. The van der Waals surface area contributed by atoms with Gasteiger partial charge in [-0.15, -0.1) is 12.4 Å². The van der Waals surface area contributed by atoms with E-state index in [1.807, 2.05) is 30.3 Å². The number of aromatic nitrogens is 3. The van der Waals surface area contributed by atoms with Crippen molar-refractivity contribution in [2.24, 2.45) is 0 Å². The zero-order chi connectivity index (χ0) is 25.1. The van der Waals surface area contributed by atoms with Crippen LogP contribution in [0.4, 0.5) is 19.0 Å². The highest BCUT2D eigenvalue weighted by Gasteiger charge is 2.33. The summed E-state index contributed by atoms with van der Waals surface area (Å²) in [5.74, 6) is 0.467. The van der Waals surface area contributed by atoms with Gasteiger partial charge in [-0.1, -0.05) is 35.5 Å². The number of nitrogens with one attached hydrogen (secondary N) is 1. The van der Waals surface area contributed by atoms with Gasteiger partial charge in [0.05, 0.1) is 11.7 Å². The van der Waals surface area contributed by atoms with Crippen LogP contribution in [0, 0.1) is 0 Å². The van der Waals surface area contributed by atoms with Gasteiger partial charge in [-0.3, -0.25) is 9.69 Å². The van der Waals surface area contributed by atoms with Crippen LogP contribution in [0.3, 0.4) is 0 Å². The Bertz CT molecular complexity index is 1340. The van der Waals surface area contributed by atoms with Crippen LogP contribution in [0.25, 0.3) is 22.0 Å². The number of benzene rings is 1. The number of nitrogens with zero attached hydrogens (tertiary/aromatic N) is 5. The van der Waals surface area contributed by atoms with Crippen molar-refractivity contribution in [3.63, 3.8) is 0 Å². The molecule has 0 spiro atoms. The van der Waals surface area contributed by atoms with Crippen LogP contribution in [-0.2, 0) is 6.18 Å². The van der Waals surface area contributed by atoms with Gasteiger partial charge >= 0.3 is 6.18 Å². The molecule has 1 N–H and O–H groups in total. The van der Waals surface area contributed by atoms with E-state index in [1.54, 1.807) is 6.20 Å². The number of amides is 1. The molecule has 12 heteroatoms. The highest BCUT2D eigenvalue weighted by Crippen LogP contribution is 2.36. The van der Waals surface area contributed by atoms with Crippen molar-refractivity contribution in [1.82, 2.24) is 25.3 Å². The summed E-state index contributed by atoms with van der Waals surface area (Å²) in [6.45, 7) is 3.83. The lowest BCUT2D eigenvalue weighted by Crippen LogP contribution is -2.48. The van der Waals surface area contributed by atoms with Gasteiger partial charge in [-0.05, 0) is 17.7 Å². The van der Waals surface area contributed by atoms with E-state index in [0.717, 1.165) is 24.7 Å². The molecule has 0 saturated carbocycles. The Kier molecular flexibility index (Phi) is 7.94. The number of carbonyl (C=O) groups is 1. The molecule has 1 saturated heterocycles. The van der Waals surface area contributed by atoms with Gasteiger partial charge in [-0.25, -0.2) is 9.97 Å². The average molecular weight is 533 g/mol. The van der Waals surface area contributed by atoms with Gasteiger partial charge in [0.2, 0.25) is 5.76 Å². The minimum Gasteiger partial charge on any atom is -0.353 e. The smallest absolute Gasteiger partial charge is 0.353 e. The Morgan fingerprint density at radius 2 is 1.78 bits per heavy atom. The van der Waals surface area contributed by atoms with E-state index in [2.05, 4.69) is 30.2 Å². The number of rotatable bonds is 6. The van der Waals surface area contributed by atoms with Crippen LogP contribution in [0.5, 0.6) is 0 Å². The second kappa shape index (κ2) is 11.1. The fourth-order valence-electron chi connectivity index (χ4n) is 4.27. The Morgan fingerprint density at radius 1 is 1.03 bits per heavy atom. The monoisotopic (exact) mass is 532 g/mol. The Labute approximate surface area is 216 Å². The number of pyridine rings is 2. The molecule has 0 radical (unpaired) electrons. The predicted octanol–water partition coefficient (Wildman–Crippen LogP) is 4.28. The lowest BCUT2D eigenvalue weighted by Gasteiger charge is -2.36. The maximum Gasteiger partial charge on any atom is 0.433 e. The number of piperazine rings is 1. The molecule has 1 amide bonds. The number of alkyl halides is 3. The fourth-order valence-corrected chi connectivity index (χ4v) is 4.27. The highest BCUT2D eigenvalue weighted by molar-refractivity contribution is 5.99. The van der Waals surface area contributed by atoms with E-state index >= 15 is 0 Å². The molecule has 1 aromatic carbocycles. The lowest BCUT2D eigenvalue weighted by atomic mass is 10.0.